The maximum atomic E-state index is 11.7. The van der Waals surface area contributed by atoms with Gasteiger partial charge in [-0.1, -0.05) is 0 Å². The van der Waals surface area contributed by atoms with Gasteiger partial charge in [0.1, 0.15) is 5.76 Å². The fraction of sp³-hybridized carbons (Fsp3) is 0.438. The summed E-state index contributed by atoms with van der Waals surface area (Å²) in [6.45, 7) is 4.05. The molecule has 0 amide bonds. The number of carbonyl (C=O) groups is 1. The maximum absolute atomic E-state index is 11.7. The first kappa shape index (κ1) is 15.2. The average Bonchev–Trinajstić information content (AvgIpc) is 2.46. The van der Waals surface area contributed by atoms with Crippen LogP contribution in [0.2, 0.25) is 0 Å². The molecule has 0 fully saturated rings. The normalized spacial score (nSPS) is 18.7. The Morgan fingerprint density at radius 1 is 1.33 bits per heavy atom. The van der Waals surface area contributed by atoms with Crippen LogP contribution in [0.3, 0.4) is 0 Å². The Hall–Kier alpha value is -2.17. The zero-order valence-electron chi connectivity index (χ0n) is 12.8. The summed E-state index contributed by atoms with van der Waals surface area (Å²) in [5.74, 6) is 1.36. The molecule has 1 aromatic rings. The molecule has 0 saturated carbocycles. The minimum atomic E-state index is -0.415. The second kappa shape index (κ2) is 6.52. The molecule has 1 heterocycles. The average molecular weight is 292 g/mol. The lowest BCUT2D eigenvalue weighted by Gasteiger charge is -2.26. The largest absolute Gasteiger partial charge is 0.493 e. The summed E-state index contributed by atoms with van der Waals surface area (Å²) < 4.78 is 21.3. The molecule has 1 aromatic carbocycles. The Kier molecular flexibility index (Phi) is 4.73. The number of methoxy groups -OCH3 is 2. The lowest BCUT2D eigenvalue weighted by molar-refractivity contribution is -0.137. The van der Waals surface area contributed by atoms with Crippen LogP contribution in [0.4, 0.5) is 0 Å². The van der Waals surface area contributed by atoms with Crippen molar-refractivity contribution in [3.63, 3.8) is 0 Å². The van der Waals surface area contributed by atoms with Crippen molar-refractivity contribution >= 4 is 11.7 Å². The van der Waals surface area contributed by atoms with Crippen LogP contribution in [0, 0.1) is 0 Å². The molecule has 0 spiro atoms. The second-order valence-corrected chi connectivity index (χ2v) is 4.76. The van der Waals surface area contributed by atoms with E-state index in [9.17, 15) is 4.79 Å². The predicted octanol–water partition coefficient (Wildman–Crippen LogP) is 2.57. The van der Waals surface area contributed by atoms with Crippen LogP contribution in [-0.4, -0.2) is 32.9 Å². The summed E-state index contributed by atoms with van der Waals surface area (Å²) in [6.07, 6.45) is 2.11. The van der Waals surface area contributed by atoms with Gasteiger partial charge in [-0.3, -0.25) is 0 Å². The first-order valence-electron chi connectivity index (χ1n) is 6.89. The maximum Gasteiger partial charge on any atom is 0.334 e. The molecule has 0 saturated heterocycles. The zero-order valence-corrected chi connectivity index (χ0v) is 12.8. The van der Waals surface area contributed by atoms with E-state index in [2.05, 4.69) is 0 Å². The minimum Gasteiger partial charge on any atom is -0.493 e. The zero-order chi connectivity index (χ0) is 15.4. The van der Waals surface area contributed by atoms with E-state index in [-0.39, 0.29) is 6.10 Å². The third kappa shape index (κ3) is 3.29. The molecule has 5 heteroatoms. The first-order chi connectivity index (χ1) is 10.1. The van der Waals surface area contributed by atoms with E-state index in [1.807, 2.05) is 19.1 Å². The molecule has 2 rings (SSSR count). The molecule has 21 heavy (non-hydrogen) atoms. The van der Waals surface area contributed by atoms with E-state index in [0.29, 0.717) is 23.9 Å². The summed E-state index contributed by atoms with van der Waals surface area (Å²) in [5, 5.41) is 0. The third-order valence-corrected chi connectivity index (χ3v) is 3.25. The molecular formula is C16H20O5. The molecular weight excluding hydrogens is 272 g/mol. The molecule has 5 nitrogen and oxygen atoms in total. The Bertz CT molecular complexity index is 562. The second-order valence-electron chi connectivity index (χ2n) is 4.76. The molecule has 0 N–H and O–H groups in total. The summed E-state index contributed by atoms with van der Waals surface area (Å²) in [7, 11) is 3.17. The number of hydrogen-bond donors (Lipinski definition) is 0. The van der Waals surface area contributed by atoms with Crippen LogP contribution in [0.5, 0.6) is 11.5 Å². The molecule has 1 atom stereocenters. The van der Waals surface area contributed by atoms with Crippen LogP contribution >= 0.6 is 0 Å². The number of esters is 1. The fourth-order valence-electron chi connectivity index (χ4n) is 2.35. The monoisotopic (exact) mass is 292 g/mol. The smallest absolute Gasteiger partial charge is 0.334 e. The Morgan fingerprint density at radius 3 is 2.62 bits per heavy atom. The lowest BCUT2D eigenvalue weighted by atomic mass is 9.96. The van der Waals surface area contributed by atoms with Gasteiger partial charge in [-0.05, 0) is 31.5 Å². The highest BCUT2D eigenvalue weighted by Gasteiger charge is 2.24. The number of hydrogen-bond acceptors (Lipinski definition) is 5. The van der Waals surface area contributed by atoms with Gasteiger partial charge in [-0.25, -0.2) is 4.79 Å². The van der Waals surface area contributed by atoms with E-state index >= 15 is 0 Å². The standard InChI is InChI=1S/C16H20O5/c1-5-20-16(17)9-13-12-8-15(19-4)14(18-3)7-11(12)6-10(2)21-13/h7-10H,5-6H2,1-4H3/b13-9+. The van der Waals surface area contributed by atoms with E-state index in [1.165, 1.54) is 6.08 Å². The van der Waals surface area contributed by atoms with Crippen LogP contribution in [0.1, 0.15) is 25.0 Å². The van der Waals surface area contributed by atoms with Crippen molar-refractivity contribution in [2.45, 2.75) is 26.4 Å². The number of fused-ring (bicyclic) bond motifs is 1. The molecule has 0 radical (unpaired) electrons. The molecule has 0 aromatic heterocycles. The van der Waals surface area contributed by atoms with Gasteiger partial charge in [0, 0.05) is 12.0 Å². The molecule has 0 aliphatic carbocycles. The van der Waals surface area contributed by atoms with Gasteiger partial charge in [0.25, 0.3) is 0 Å². The third-order valence-electron chi connectivity index (χ3n) is 3.25. The summed E-state index contributed by atoms with van der Waals surface area (Å²) in [6, 6.07) is 3.75. The summed E-state index contributed by atoms with van der Waals surface area (Å²) in [4.78, 5) is 11.7. The summed E-state index contributed by atoms with van der Waals surface area (Å²) >= 11 is 0. The van der Waals surface area contributed by atoms with Crippen molar-refractivity contribution in [1.29, 1.82) is 0 Å². The first-order valence-corrected chi connectivity index (χ1v) is 6.89. The Balaban J connectivity index is 2.47. The highest BCUT2D eigenvalue weighted by atomic mass is 16.5. The Morgan fingerprint density at radius 2 is 2.00 bits per heavy atom. The van der Waals surface area contributed by atoms with Gasteiger partial charge in [-0.15, -0.1) is 0 Å². The predicted molar refractivity (Wildman–Crippen MR) is 78.4 cm³/mol. The van der Waals surface area contributed by atoms with Crippen molar-refractivity contribution in [3.8, 4) is 11.5 Å². The van der Waals surface area contributed by atoms with Crippen molar-refractivity contribution in [1.82, 2.24) is 0 Å². The molecule has 0 bridgehead atoms. The molecule has 1 aliphatic rings. The summed E-state index contributed by atoms with van der Waals surface area (Å²) in [5.41, 5.74) is 1.89. The molecule has 114 valence electrons. The van der Waals surface area contributed by atoms with Crippen molar-refractivity contribution < 1.29 is 23.7 Å². The van der Waals surface area contributed by atoms with E-state index in [1.54, 1.807) is 21.1 Å². The van der Waals surface area contributed by atoms with Gasteiger partial charge < -0.3 is 18.9 Å². The number of benzene rings is 1. The van der Waals surface area contributed by atoms with E-state index < -0.39 is 5.97 Å². The minimum absolute atomic E-state index is 0.0173. The number of ether oxygens (including phenoxy) is 4. The number of carbonyl (C=O) groups excluding carboxylic acids is 1. The van der Waals surface area contributed by atoms with E-state index in [0.717, 1.165) is 17.5 Å². The van der Waals surface area contributed by atoms with Crippen molar-refractivity contribution in [2.75, 3.05) is 20.8 Å². The van der Waals surface area contributed by atoms with Crippen molar-refractivity contribution in [3.05, 3.63) is 29.3 Å². The van der Waals surface area contributed by atoms with Crippen LogP contribution in [0.15, 0.2) is 18.2 Å². The van der Waals surface area contributed by atoms with Gasteiger partial charge in [0.2, 0.25) is 0 Å². The fourth-order valence-corrected chi connectivity index (χ4v) is 2.35. The highest BCUT2D eigenvalue weighted by Crippen LogP contribution is 2.37. The van der Waals surface area contributed by atoms with Crippen LogP contribution in [-0.2, 0) is 20.7 Å². The van der Waals surface area contributed by atoms with Crippen LogP contribution in [0.25, 0.3) is 5.76 Å². The van der Waals surface area contributed by atoms with E-state index in [4.69, 9.17) is 18.9 Å². The number of rotatable bonds is 4. The quantitative estimate of drug-likeness (QED) is 0.630. The van der Waals surface area contributed by atoms with Crippen molar-refractivity contribution in [2.24, 2.45) is 0 Å². The topological polar surface area (TPSA) is 54.0 Å². The highest BCUT2D eigenvalue weighted by molar-refractivity contribution is 5.90. The van der Waals surface area contributed by atoms with Crippen LogP contribution < -0.4 is 9.47 Å². The lowest BCUT2D eigenvalue weighted by Crippen LogP contribution is -2.19. The van der Waals surface area contributed by atoms with Gasteiger partial charge in [0.15, 0.2) is 11.5 Å². The van der Waals surface area contributed by atoms with Gasteiger partial charge >= 0.3 is 5.97 Å². The van der Waals surface area contributed by atoms with Gasteiger partial charge in [-0.2, -0.15) is 0 Å². The van der Waals surface area contributed by atoms with Gasteiger partial charge in [0.05, 0.1) is 33.0 Å². The SMILES string of the molecule is CCOC(=O)/C=C1/OC(C)Cc2cc(OC)c(OC)cc21. The Labute approximate surface area is 124 Å². The molecule has 1 aliphatic heterocycles. The molecule has 1 unspecified atom stereocenters.